The van der Waals surface area contributed by atoms with Gasteiger partial charge in [0.15, 0.2) is 11.8 Å². The molecule has 1 aliphatic rings. The van der Waals surface area contributed by atoms with Crippen molar-refractivity contribution in [2.45, 2.75) is 72.6 Å². The summed E-state index contributed by atoms with van der Waals surface area (Å²) < 4.78 is 67.4. The first-order valence-corrected chi connectivity index (χ1v) is 18.2. The molecule has 0 radical (unpaired) electrons. The highest BCUT2D eigenvalue weighted by Gasteiger charge is 2.47. The zero-order chi connectivity index (χ0) is 37.9. The van der Waals surface area contributed by atoms with Gasteiger partial charge in [-0.3, -0.25) is 28.0 Å². The zero-order valence-electron chi connectivity index (χ0n) is 28.4. The molecule has 3 aromatic rings. The highest BCUT2D eigenvalue weighted by molar-refractivity contribution is 7.61. The van der Waals surface area contributed by atoms with E-state index in [0.29, 0.717) is 11.0 Å². The molecule has 22 heteroatoms. The van der Waals surface area contributed by atoms with Crippen LogP contribution in [0.3, 0.4) is 0 Å². The van der Waals surface area contributed by atoms with Gasteiger partial charge in [-0.25, -0.2) is 23.0 Å². The number of carbonyl (C=O) groups excluding carboxylic acids is 2. The van der Waals surface area contributed by atoms with Gasteiger partial charge >= 0.3 is 33.3 Å². The first kappa shape index (κ1) is 40.2. The summed E-state index contributed by atoms with van der Waals surface area (Å²) in [4.78, 5) is 60.6. The van der Waals surface area contributed by atoms with Crippen LogP contribution in [-0.4, -0.2) is 79.8 Å². The number of ether oxygens (including phenoxy) is 3. The molecule has 20 nitrogen and oxygen atoms in total. The lowest BCUT2D eigenvalue weighted by molar-refractivity contribution is -0.162. The number of hydrogen-bond donors (Lipinski definition) is 3. The minimum atomic E-state index is -5.47. The molecular formula is C29H39N3O17P2. The van der Waals surface area contributed by atoms with Gasteiger partial charge in [0.25, 0.3) is 5.56 Å². The monoisotopic (exact) mass is 763 g/mol. The molecule has 282 valence electrons. The number of benzene rings is 1. The predicted molar refractivity (Wildman–Crippen MR) is 171 cm³/mol. The van der Waals surface area contributed by atoms with Gasteiger partial charge in [-0.2, -0.15) is 4.31 Å². The van der Waals surface area contributed by atoms with Gasteiger partial charge in [-0.15, -0.1) is 0 Å². The molecule has 0 spiro atoms. The molecule has 0 bridgehead atoms. The fraction of sp³-hybridized carbons (Fsp3) is 0.552. The number of nitrogens with zero attached hydrogens (tertiary/aromatic N) is 3. The van der Waals surface area contributed by atoms with E-state index in [4.69, 9.17) is 32.3 Å². The fourth-order valence-corrected chi connectivity index (χ4v) is 6.64. The molecule has 1 unspecified atom stereocenters. The third kappa shape index (κ3) is 10.1. The summed E-state index contributed by atoms with van der Waals surface area (Å²) in [5.74, 6) is -1.61. The zero-order valence-corrected chi connectivity index (χ0v) is 30.2. The second kappa shape index (κ2) is 15.6. The predicted octanol–water partition coefficient (Wildman–Crippen LogP) is 2.19. The minimum Gasteiger partial charge on any atom is -0.437 e. The van der Waals surface area contributed by atoms with E-state index >= 15 is 0 Å². The molecule has 1 aromatic carbocycles. The SMILES string of the molecule is CC(C)(C)C(=O)OCOP(=O)(OCOC(=O)C(C)(C)C)OP(=O)(O)OC[C@H]1O[C@@H](n2ccc(=O)n(Cc3noc4ccccc34)c2=O)[C@H](O)[C@@H]1O. The largest absolute Gasteiger partial charge is 0.489 e. The second-order valence-electron chi connectivity index (χ2n) is 13.3. The van der Waals surface area contributed by atoms with Crippen molar-refractivity contribution in [3.8, 4) is 0 Å². The Balaban J connectivity index is 1.45. The Labute approximate surface area is 289 Å². The molecule has 3 heterocycles. The molecule has 0 saturated carbocycles. The number of aliphatic hydroxyl groups excluding tert-OH is 2. The maximum absolute atomic E-state index is 13.4. The van der Waals surface area contributed by atoms with Crippen LogP contribution in [0.15, 0.2) is 50.6 Å². The molecular weight excluding hydrogens is 724 g/mol. The van der Waals surface area contributed by atoms with Crippen molar-refractivity contribution in [1.82, 2.24) is 14.3 Å². The van der Waals surface area contributed by atoms with Gasteiger partial charge in [-0.1, -0.05) is 17.3 Å². The summed E-state index contributed by atoms with van der Waals surface area (Å²) in [6.07, 6.45) is -5.83. The topological polar surface area (TPSA) is 264 Å². The van der Waals surface area contributed by atoms with Gasteiger partial charge in [0.1, 0.15) is 24.0 Å². The van der Waals surface area contributed by atoms with Crippen LogP contribution < -0.4 is 11.2 Å². The van der Waals surface area contributed by atoms with Crippen LogP contribution in [0.25, 0.3) is 11.0 Å². The Morgan fingerprint density at radius 1 is 0.902 bits per heavy atom. The number of esters is 2. The minimum absolute atomic E-state index is 0.269. The number of phosphoric acid groups is 2. The van der Waals surface area contributed by atoms with Crippen LogP contribution >= 0.6 is 15.6 Å². The molecule has 1 saturated heterocycles. The van der Waals surface area contributed by atoms with E-state index in [1.165, 1.54) is 41.5 Å². The van der Waals surface area contributed by atoms with Gasteiger partial charge in [0, 0.05) is 17.6 Å². The van der Waals surface area contributed by atoms with Crippen molar-refractivity contribution in [3.05, 3.63) is 63.1 Å². The second-order valence-corrected chi connectivity index (χ2v) is 16.5. The van der Waals surface area contributed by atoms with Crippen molar-refractivity contribution < 1.29 is 70.4 Å². The third-order valence-corrected chi connectivity index (χ3v) is 10.0. The van der Waals surface area contributed by atoms with Crippen molar-refractivity contribution in [2.75, 3.05) is 20.2 Å². The molecule has 0 aliphatic carbocycles. The first-order valence-electron chi connectivity index (χ1n) is 15.2. The highest BCUT2D eigenvalue weighted by atomic mass is 31.3. The maximum Gasteiger partial charge on any atom is 0.489 e. The van der Waals surface area contributed by atoms with E-state index in [-0.39, 0.29) is 12.2 Å². The standard InChI is InChI=1S/C29H39N3O17P2/c1-28(2,3)25(36)42-15-45-51(41,46-16-43-26(37)29(4,5)6)49-50(39,40)44-14-20-22(34)23(35)24(47-20)31-12-11-21(33)32(27(31)38)13-18-17-9-7-8-10-19(17)48-30-18/h7-12,20,22-24,34-35H,13-16H2,1-6H3,(H,39,40)/t20-,22-,23-,24-/m1/s1. The average Bonchev–Trinajstić information content (AvgIpc) is 3.56. The van der Waals surface area contributed by atoms with Crippen LogP contribution in [0.4, 0.5) is 0 Å². The molecule has 4 rings (SSSR count). The summed E-state index contributed by atoms with van der Waals surface area (Å²) >= 11 is 0. The molecule has 0 amide bonds. The highest BCUT2D eigenvalue weighted by Crippen LogP contribution is 2.63. The van der Waals surface area contributed by atoms with E-state index in [0.717, 1.165) is 21.4 Å². The van der Waals surface area contributed by atoms with E-state index in [1.54, 1.807) is 24.3 Å². The summed E-state index contributed by atoms with van der Waals surface area (Å²) in [6, 6.07) is 7.77. The van der Waals surface area contributed by atoms with Crippen molar-refractivity contribution >= 4 is 38.6 Å². The van der Waals surface area contributed by atoms with Crippen LogP contribution in [0.2, 0.25) is 0 Å². The van der Waals surface area contributed by atoms with Crippen molar-refractivity contribution in [2.24, 2.45) is 10.8 Å². The van der Waals surface area contributed by atoms with E-state index in [9.17, 15) is 43.4 Å². The molecule has 5 atom stereocenters. The number of rotatable bonds is 14. The Morgan fingerprint density at radius 2 is 1.49 bits per heavy atom. The van der Waals surface area contributed by atoms with E-state index in [2.05, 4.69) is 9.47 Å². The number of para-hydroxylation sites is 1. The van der Waals surface area contributed by atoms with Crippen LogP contribution in [0.1, 0.15) is 53.5 Å². The number of aromatic nitrogens is 3. The Morgan fingerprint density at radius 3 is 2.08 bits per heavy atom. The Hall–Kier alpha value is -3.55. The molecule has 2 aromatic heterocycles. The number of aliphatic hydroxyl groups is 2. The average molecular weight is 764 g/mol. The van der Waals surface area contributed by atoms with Crippen LogP contribution in [0.5, 0.6) is 0 Å². The van der Waals surface area contributed by atoms with Gasteiger partial charge < -0.3 is 33.8 Å². The maximum atomic E-state index is 13.4. The van der Waals surface area contributed by atoms with Gasteiger partial charge in [0.05, 0.1) is 24.0 Å². The van der Waals surface area contributed by atoms with Crippen molar-refractivity contribution in [1.29, 1.82) is 0 Å². The summed E-state index contributed by atoms with van der Waals surface area (Å²) in [5.41, 5.74) is -3.00. The van der Waals surface area contributed by atoms with Gasteiger partial charge in [-0.05, 0) is 53.7 Å². The summed E-state index contributed by atoms with van der Waals surface area (Å²) in [7, 11) is -10.7. The molecule has 3 N–H and O–H groups in total. The lowest BCUT2D eigenvalue weighted by Crippen LogP contribution is -2.43. The van der Waals surface area contributed by atoms with Crippen LogP contribution in [-0.2, 0) is 57.4 Å². The molecule has 51 heavy (non-hydrogen) atoms. The molecule has 1 aliphatic heterocycles. The quantitative estimate of drug-likeness (QED) is 0.121. The third-order valence-electron chi connectivity index (χ3n) is 7.10. The smallest absolute Gasteiger partial charge is 0.437 e. The van der Waals surface area contributed by atoms with Crippen LogP contribution in [0, 0.1) is 10.8 Å². The number of hydrogen-bond acceptors (Lipinski definition) is 17. The number of phosphoric ester groups is 2. The molecule has 1 fully saturated rings. The first-order chi connectivity index (χ1) is 23.6. The summed E-state index contributed by atoms with van der Waals surface area (Å²) in [6.45, 7) is 5.60. The normalized spacial score (nSPS) is 21.0. The summed E-state index contributed by atoms with van der Waals surface area (Å²) in [5, 5.41) is 25.9. The Kier molecular flexibility index (Phi) is 12.3. The Bertz CT molecular complexity index is 1910. The lowest BCUT2D eigenvalue weighted by Gasteiger charge is -2.23. The number of carbonyl (C=O) groups is 2. The van der Waals surface area contributed by atoms with E-state index < -0.39 is 94.4 Å². The van der Waals surface area contributed by atoms with Gasteiger partial charge in [0.2, 0.25) is 13.6 Å². The fourth-order valence-electron chi connectivity index (χ4n) is 4.29. The number of fused-ring (bicyclic) bond motifs is 1. The lowest BCUT2D eigenvalue weighted by atomic mass is 9.98. The van der Waals surface area contributed by atoms with E-state index in [1.807, 2.05) is 0 Å². The van der Waals surface area contributed by atoms with Crippen molar-refractivity contribution in [3.63, 3.8) is 0 Å².